The van der Waals surface area contributed by atoms with Crippen LogP contribution in [0.5, 0.6) is 0 Å². The second-order valence-corrected chi connectivity index (χ2v) is 9.26. The van der Waals surface area contributed by atoms with Crippen molar-refractivity contribution in [1.82, 2.24) is 0 Å². The summed E-state index contributed by atoms with van der Waals surface area (Å²) in [5.74, 6) is -0.240. The number of halogens is 2. The second-order valence-electron chi connectivity index (χ2n) is 6.32. The zero-order valence-electron chi connectivity index (χ0n) is 13.7. The van der Waals surface area contributed by atoms with Gasteiger partial charge in [-0.2, -0.15) is 0 Å². The summed E-state index contributed by atoms with van der Waals surface area (Å²) >= 11 is 11.8. The highest BCUT2D eigenvalue weighted by Crippen LogP contribution is 2.63. The van der Waals surface area contributed by atoms with Gasteiger partial charge in [0.2, 0.25) is 0 Å². The van der Waals surface area contributed by atoms with Gasteiger partial charge < -0.3 is 10.5 Å². The minimum absolute atomic E-state index is 0.214. The molecule has 2 N–H and O–H groups in total. The fourth-order valence-corrected chi connectivity index (χ4v) is 6.33. The van der Waals surface area contributed by atoms with Crippen LogP contribution in [0.4, 0.5) is 0 Å². The second kappa shape index (κ2) is 6.89. The molecule has 0 aliphatic heterocycles. The summed E-state index contributed by atoms with van der Waals surface area (Å²) in [6.07, 6.45) is 0. The molecule has 0 heterocycles. The van der Waals surface area contributed by atoms with Gasteiger partial charge in [0.1, 0.15) is 0 Å². The van der Waals surface area contributed by atoms with Crippen LogP contribution in [0.25, 0.3) is 0 Å². The molecule has 0 bridgehead atoms. The van der Waals surface area contributed by atoms with Gasteiger partial charge in [0.15, 0.2) is 9.84 Å². The third-order valence-corrected chi connectivity index (χ3v) is 7.72. The number of methoxy groups -OCH3 is 1. The van der Waals surface area contributed by atoms with Crippen molar-refractivity contribution in [1.29, 1.82) is 0 Å². The monoisotopic (exact) mass is 399 g/mol. The minimum atomic E-state index is -3.58. The summed E-state index contributed by atoms with van der Waals surface area (Å²) < 4.78 is 31.8. The first-order valence-corrected chi connectivity index (χ1v) is 10.1. The quantitative estimate of drug-likeness (QED) is 0.806. The first-order chi connectivity index (χ1) is 11.9. The number of hydrogen-bond donors (Lipinski definition) is 1. The lowest BCUT2D eigenvalue weighted by atomic mass is 10.0. The highest BCUT2D eigenvalue weighted by molar-refractivity contribution is 7.92. The van der Waals surface area contributed by atoms with Crippen molar-refractivity contribution in [3.05, 3.63) is 64.1 Å². The lowest BCUT2D eigenvalue weighted by molar-refractivity contribution is 0.142. The van der Waals surface area contributed by atoms with E-state index in [1.165, 1.54) is 12.1 Å². The van der Waals surface area contributed by atoms with Crippen LogP contribution in [0.3, 0.4) is 0 Å². The molecule has 3 atom stereocenters. The van der Waals surface area contributed by atoms with E-state index in [-0.39, 0.29) is 24.0 Å². The highest BCUT2D eigenvalue weighted by atomic mass is 35.5. The number of benzene rings is 2. The molecule has 0 unspecified atom stereocenters. The van der Waals surface area contributed by atoms with Gasteiger partial charge in [-0.1, -0.05) is 35.3 Å². The molecule has 0 spiro atoms. The fourth-order valence-electron chi connectivity index (χ4n) is 3.63. The minimum Gasteiger partial charge on any atom is -0.384 e. The Kier molecular flexibility index (Phi) is 5.15. The highest BCUT2D eigenvalue weighted by Gasteiger charge is 2.70. The molecule has 0 aromatic heterocycles. The Hall–Kier alpha value is -1.11. The average Bonchev–Trinajstić information content (AvgIpc) is 3.26. The van der Waals surface area contributed by atoms with Crippen LogP contribution in [0.15, 0.2) is 53.4 Å². The largest absolute Gasteiger partial charge is 0.384 e. The summed E-state index contributed by atoms with van der Waals surface area (Å²) in [5, 5.41) is 0.449. The van der Waals surface area contributed by atoms with Crippen molar-refractivity contribution in [2.45, 2.75) is 16.1 Å². The maximum absolute atomic E-state index is 13.2. The third kappa shape index (κ3) is 3.20. The van der Waals surface area contributed by atoms with Crippen LogP contribution < -0.4 is 5.73 Å². The Morgan fingerprint density at radius 2 is 1.56 bits per heavy atom. The Balaban J connectivity index is 2.05. The molecule has 4 nitrogen and oxygen atoms in total. The van der Waals surface area contributed by atoms with Gasteiger partial charge in [-0.3, -0.25) is 0 Å². The number of ether oxygens (including phenoxy) is 1. The molecule has 25 heavy (non-hydrogen) atoms. The predicted molar refractivity (Wildman–Crippen MR) is 100.0 cm³/mol. The zero-order valence-corrected chi connectivity index (χ0v) is 16.0. The lowest BCUT2D eigenvalue weighted by Gasteiger charge is -2.15. The van der Waals surface area contributed by atoms with Crippen molar-refractivity contribution >= 4 is 33.0 Å². The molecule has 2 aromatic carbocycles. The standard InChI is InChI=1S/C18H19Cl2NO3S/c1-24-11-18(10-21)16(12-2-4-13(19)5-3-12)17(18)25(22,23)15-8-6-14(20)7-9-15/h2-9,16-17H,10-11,21H2,1H3/t16-,17+,18+/m1/s1. The molecule has 0 saturated heterocycles. The van der Waals surface area contributed by atoms with E-state index in [1.54, 1.807) is 31.4 Å². The maximum Gasteiger partial charge on any atom is 0.182 e. The number of nitrogens with two attached hydrogens (primary N) is 1. The predicted octanol–water partition coefficient (Wildman–Crippen LogP) is 3.52. The lowest BCUT2D eigenvalue weighted by Crippen LogP contribution is -2.28. The molecule has 1 aliphatic rings. The molecule has 3 rings (SSSR count). The van der Waals surface area contributed by atoms with E-state index in [0.29, 0.717) is 10.0 Å². The summed E-state index contributed by atoms with van der Waals surface area (Å²) in [6, 6.07) is 13.4. The van der Waals surface area contributed by atoms with Crippen LogP contribution in [-0.4, -0.2) is 33.9 Å². The van der Waals surface area contributed by atoms with Crippen LogP contribution in [-0.2, 0) is 14.6 Å². The Bertz CT molecular complexity index is 853. The molecular weight excluding hydrogens is 381 g/mol. The summed E-state index contributed by atoms with van der Waals surface area (Å²) in [7, 11) is -2.03. The van der Waals surface area contributed by atoms with E-state index in [9.17, 15) is 8.42 Å². The normalized spacial score (nSPS) is 25.8. The molecule has 1 saturated carbocycles. The van der Waals surface area contributed by atoms with Crippen LogP contribution in [0.2, 0.25) is 10.0 Å². The Morgan fingerprint density at radius 1 is 1.04 bits per heavy atom. The topological polar surface area (TPSA) is 69.4 Å². The van der Waals surface area contributed by atoms with Gasteiger partial charge >= 0.3 is 0 Å². The molecule has 1 aliphatic carbocycles. The SMILES string of the molecule is COC[C@@]1(CN)[C@H](c2ccc(Cl)cc2)[C@@H]1S(=O)(=O)c1ccc(Cl)cc1. The molecule has 0 amide bonds. The van der Waals surface area contributed by atoms with E-state index >= 15 is 0 Å². The summed E-state index contributed by atoms with van der Waals surface area (Å²) in [5.41, 5.74) is 6.26. The summed E-state index contributed by atoms with van der Waals surface area (Å²) in [6.45, 7) is 0.486. The molecule has 0 radical (unpaired) electrons. The number of rotatable bonds is 6. The molecule has 1 fully saturated rings. The van der Waals surface area contributed by atoms with E-state index in [4.69, 9.17) is 33.7 Å². The van der Waals surface area contributed by atoms with E-state index in [0.717, 1.165) is 5.56 Å². The van der Waals surface area contributed by atoms with Crippen LogP contribution in [0.1, 0.15) is 11.5 Å². The van der Waals surface area contributed by atoms with E-state index < -0.39 is 20.5 Å². The van der Waals surface area contributed by atoms with Crippen molar-refractivity contribution in [3.8, 4) is 0 Å². The number of sulfone groups is 1. The van der Waals surface area contributed by atoms with Crippen LogP contribution >= 0.6 is 23.2 Å². The van der Waals surface area contributed by atoms with Gasteiger partial charge in [-0.05, 0) is 42.0 Å². The van der Waals surface area contributed by atoms with Gasteiger partial charge in [-0.25, -0.2) is 8.42 Å². The summed E-state index contributed by atoms with van der Waals surface area (Å²) in [4.78, 5) is 0.243. The first kappa shape index (κ1) is 18.7. The number of hydrogen-bond acceptors (Lipinski definition) is 4. The third-order valence-electron chi connectivity index (χ3n) is 4.88. The van der Waals surface area contributed by atoms with Gasteiger partial charge in [0.05, 0.1) is 16.8 Å². The molecule has 2 aromatic rings. The van der Waals surface area contributed by atoms with Gasteiger partial charge in [0.25, 0.3) is 0 Å². The molecular formula is C18H19Cl2NO3S. The Labute approximate surface area is 157 Å². The van der Waals surface area contributed by atoms with Crippen molar-refractivity contribution in [2.75, 3.05) is 20.3 Å². The van der Waals surface area contributed by atoms with Crippen LogP contribution in [0, 0.1) is 5.41 Å². The first-order valence-electron chi connectivity index (χ1n) is 7.81. The maximum atomic E-state index is 13.2. The smallest absolute Gasteiger partial charge is 0.182 e. The van der Waals surface area contributed by atoms with Crippen molar-refractivity contribution in [2.24, 2.45) is 11.1 Å². The molecule has 7 heteroatoms. The average molecular weight is 400 g/mol. The fraction of sp³-hybridized carbons (Fsp3) is 0.333. The van der Waals surface area contributed by atoms with E-state index in [1.807, 2.05) is 12.1 Å². The van der Waals surface area contributed by atoms with Gasteiger partial charge in [0, 0.05) is 35.0 Å². The zero-order chi connectivity index (χ0) is 18.2. The van der Waals surface area contributed by atoms with Crippen molar-refractivity contribution < 1.29 is 13.2 Å². The molecule has 134 valence electrons. The Morgan fingerprint density at radius 3 is 2.04 bits per heavy atom. The van der Waals surface area contributed by atoms with E-state index in [2.05, 4.69) is 0 Å². The van der Waals surface area contributed by atoms with Crippen molar-refractivity contribution in [3.63, 3.8) is 0 Å². The van der Waals surface area contributed by atoms with Gasteiger partial charge in [-0.15, -0.1) is 0 Å².